The Morgan fingerprint density at radius 2 is 2.04 bits per heavy atom. The minimum absolute atomic E-state index is 0.0449. The van der Waals surface area contributed by atoms with Crippen LogP contribution in [-0.4, -0.2) is 46.4 Å². The molecule has 1 aromatic carbocycles. The molecular formula is C20H27N3O2. The summed E-state index contributed by atoms with van der Waals surface area (Å²) in [7, 11) is 0. The topological polar surface area (TPSA) is 47.4 Å². The molecule has 1 atom stereocenters. The molecule has 134 valence electrons. The Bertz CT molecular complexity index is 703. The molecule has 5 heteroatoms. The molecule has 1 aliphatic heterocycles. The number of benzene rings is 1. The molecule has 1 unspecified atom stereocenters. The summed E-state index contributed by atoms with van der Waals surface area (Å²) in [6.07, 6.45) is 5.50. The predicted molar refractivity (Wildman–Crippen MR) is 97.6 cm³/mol. The van der Waals surface area contributed by atoms with Gasteiger partial charge in [0.05, 0.1) is 30.0 Å². The van der Waals surface area contributed by atoms with Gasteiger partial charge in [-0.05, 0) is 39.2 Å². The van der Waals surface area contributed by atoms with Crippen molar-refractivity contribution in [2.45, 2.75) is 45.3 Å². The molecule has 25 heavy (non-hydrogen) atoms. The highest BCUT2D eigenvalue weighted by Crippen LogP contribution is 2.17. The standard InChI is InChI=1S/C20H27N3O2/c1-20(2,3)23-14-17(13-21-23)19(24)22-11-12-25-18(15-22)10-9-16-7-5-4-6-8-16/h4-8,13-14,18H,9-12,15H2,1-3H3. The lowest BCUT2D eigenvalue weighted by atomic mass is 10.1. The van der Waals surface area contributed by atoms with Crippen molar-refractivity contribution in [3.05, 3.63) is 53.9 Å². The number of aryl methyl sites for hydroxylation is 1. The van der Waals surface area contributed by atoms with E-state index in [1.165, 1.54) is 5.56 Å². The highest BCUT2D eigenvalue weighted by atomic mass is 16.5. The zero-order chi connectivity index (χ0) is 17.9. The summed E-state index contributed by atoms with van der Waals surface area (Å²) in [6, 6.07) is 10.4. The van der Waals surface area contributed by atoms with Crippen LogP contribution in [0.15, 0.2) is 42.7 Å². The van der Waals surface area contributed by atoms with Gasteiger partial charge in [0.2, 0.25) is 0 Å². The van der Waals surface area contributed by atoms with Crippen molar-refractivity contribution >= 4 is 5.91 Å². The number of aromatic nitrogens is 2. The number of hydrogen-bond donors (Lipinski definition) is 0. The third kappa shape index (κ3) is 4.48. The summed E-state index contributed by atoms with van der Waals surface area (Å²) in [5, 5.41) is 4.34. The molecule has 2 aromatic rings. The molecule has 1 fully saturated rings. The molecule has 1 amide bonds. The maximum Gasteiger partial charge on any atom is 0.257 e. The van der Waals surface area contributed by atoms with Crippen LogP contribution in [0.2, 0.25) is 0 Å². The van der Waals surface area contributed by atoms with E-state index in [4.69, 9.17) is 4.74 Å². The summed E-state index contributed by atoms with van der Waals surface area (Å²) in [4.78, 5) is 14.7. The van der Waals surface area contributed by atoms with Crippen LogP contribution in [-0.2, 0) is 16.7 Å². The van der Waals surface area contributed by atoms with E-state index >= 15 is 0 Å². The van der Waals surface area contributed by atoms with E-state index in [0.29, 0.717) is 25.3 Å². The Balaban J connectivity index is 1.59. The molecule has 0 N–H and O–H groups in total. The van der Waals surface area contributed by atoms with Crippen LogP contribution in [0.3, 0.4) is 0 Å². The molecular weight excluding hydrogens is 314 g/mol. The van der Waals surface area contributed by atoms with Crippen LogP contribution < -0.4 is 0 Å². The number of carbonyl (C=O) groups excluding carboxylic acids is 1. The molecule has 3 rings (SSSR count). The van der Waals surface area contributed by atoms with Gasteiger partial charge in [-0.15, -0.1) is 0 Å². The smallest absolute Gasteiger partial charge is 0.257 e. The Morgan fingerprint density at radius 3 is 2.72 bits per heavy atom. The van der Waals surface area contributed by atoms with E-state index in [1.807, 2.05) is 21.8 Å². The number of rotatable bonds is 4. The minimum atomic E-state index is -0.123. The molecule has 1 aromatic heterocycles. The van der Waals surface area contributed by atoms with Crippen LogP contribution in [0.5, 0.6) is 0 Å². The third-order valence-corrected chi connectivity index (χ3v) is 4.54. The van der Waals surface area contributed by atoms with Crippen LogP contribution >= 0.6 is 0 Å². The monoisotopic (exact) mass is 341 g/mol. The second-order valence-corrected chi connectivity index (χ2v) is 7.61. The Hall–Kier alpha value is -2.14. The maximum atomic E-state index is 12.8. The fraction of sp³-hybridized carbons (Fsp3) is 0.500. The second-order valence-electron chi connectivity index (χ2n) is 7.61. The minimum Gasteiger partial charge on any atom is -0.375 e. The van der Waals surface area contributed by atoms with Crippen molar-refractivity contribution in [1.82, 2.24) is 14.7 Å². The van der Waals surface area contributed by atoms with Gasteiger partial charge in [-0.3, -0.25) is 9.48 Å². The van der Waals surface area contributed by atoms with Gasteiger partial charge >= 0.3 is 0 Å². The van der Waals surface area contributed by atoms with Gasteiger partial charge in [-0.2, -0.15) is 5.10 Å². The highest BCUT2D eigenvalue weighted by molar-refractivity contribution is 5.93. The van der Waals surface area contributed by atoms with Gasteiger partial charge in [0, 0.05) is 19.3 Å². The van der Waals surface area contributed by atoms with E-state index in [-0.39, 0.29) is 17.6 Å². The van der Waals surface area contributed by atoms with E-state index in [9.17, 15) is 4.79 Å². The summed E-state index contributed by atoms with van der Waals surface area (Å²) in [6.45, 7) is 8.10. The Labute approximate surface area is 149 Å². The molecule has 0 radical (unpaired) electrons. The number of ether oxygens (including phenoxy) is 1. The van der Waals surface area contributed by atoms with Crippen molar-refractivity contribution in [2.24, 2.45) is 0 Å². The summed E-state index contributed by atoms with van der Waals surface area (Å²) >= 11 is 0. The number of nitrogens with zero attached hydrogens (tertiary/aromatic N) is 3. The van der Waals surface area contributed by atoms with E-state index in [0.717, 1.165) is 12.8 Å². The predicted octanol–water partition coefficient (Wildman–Crippen LogP) is 3.11. The number of amides is 1. The fourth-order valence-corrected chi connectivity index (χ4v) is 3.03. The van der Waals surface area contributed by atoms with Crippen LogP contribution in [0.4, 0.5) is 0 Å². The third-order valence-electron chi connectivity index (χ3n) is 4.54. The van der Waals surface area contributed by atoms with Crippen molar-refractivity contribution in [3.8, 4) is 0 Å². The Kier molecular flexibility index (Phi) is 5.23. The zero-order valence-corrected chi connectivity index (χ0v) is 15.3. The number of morpholine rings is 1. The SMILES string of the molecule is CC(C)(C)n1cc(C(=O)N2CCOC(CCc3ccccc3)C2)cn1. The molecule has 0 aliphatic carbocycles. The van der Waals surface area contributed by atoms with Gasteiger partial charge < -0.3 is 9.64 Å². The molecule has 1 aliphatic rings. The molecule has 0 saturated carbocycles. The van der Waals surface area contributed by atoms with Crippen LogP contribution in [0.25, 0.3) is 0 Å². The van der Waals surface area contributed by atoms with Crippen molar-refractivity contribution < 1.29 is 9.53 Å². The number of carbonyl (C=O) groups is 1. The van der Waals surface area contributed by atoms with Gasteiger partial charge in [0.1, 0.15) is 0 Å². The molecule has 5 nitrogen and oxygen atoms in total. The van der Waals surface area contributed by atoms with E-state index in [1.54, 1.807) is 6.20 Å². The molecule has 2 heterocycles. The summed E-state index contributed by atoms with van der Waals surface area (Å²) < 4.78 is 7.70. The van der Waals surface area contributed by atoms with Crippen molar-refractivity contribution in [3.63, 3.8) is 0 Å². The lowest BCUT2D eigenvalue weighted by Crippen LogP contribution is -2.45. The first-order chi connectivity index (χ1) is 11.9. The average Bonchev–Trinajstić information content (AvgIpc) is 3.11. The van der Waals surface area contributed by atoms with E-state index < -0.39 is 0 Å². The van der Waals surface area contributed by atoms with Gasteiger partial charge in [-0.1, -0.05) is 30.3 Å². The van der Waals surface area contributed by atoms with Gasteiger partial charge in [-0.25, -0.2) is 0 Å². The van der Waals surface area contributed by atoms with Gasteiger partial charge in [0.15, 0.2) is 0 Å². The quantitative estimate of drug-likeness (QED) is 0.858. The van der Waals surface area contributed by atoms with Crippen molar-refractivity contribution in [2.75, 3.05) is 19.7 Å². The Morgan fingerprint density at radius 1 is 1.28 bits per heavy atom. The number of hydrogen-bond acceptors (Lipinski definition) is 3. The first kappa shape index (κ1) is 17.7. The first-order valence-corrected chi connectivity index (χ1v) is 8.93. The largest absolute Gasteiger partial charge is 0.375 e. The first-order valence-electron chi connectivity index (χ1n) is 8.93. The van der Waals surface area contributed by atoms with Crippen LogP contribution in [0.1, 0.15) is 43.1 Å². The van der Waals surface area contributed by atoms with Crippen molar-refractivity contribution in [1.29, 1.82) is 0 Å². The maximum absolute atomic E-state index is 12.8. The second kappa shape index (κ2) is 7.40. The fourth-order valence-electron chi connectivity index (χ4n) is 3.03. The molecule has 1 saturated heterocycles. The van der Waals surface area contributed by atoms with E-state index in [2.05, 4.69) is 50.1 Å². The summed E-state index contributed by atoms with van der Waals surface area (Å²) in [5.74, 6) is 0.0449. The summed E-state index contributed by atoms with van der Waals surface area (Å²) in [5.41, 5.74) is 1.83. The molecule has 0 bridgehead atoms. The highest BCUT2D eigenvalue weighted by Gasteiger charge is 2.26. The zero-order valence-electron chi connectivity index (χ0n) is 15.3. The lowest BCUT2D eigenvalue weighted by Gasteiger charge is -2.33. The average molecular weight is 341 g/mol. The lowest BCUT2D eigenvalue weighted by molar-refractivity contribution is -0.0246. The normalized spacial score (nSPS) is 18.4. The molecule has 0 spiro atoms. The van der Waals surface area contributed by atoms with Gasteiger partial charge in [0.25, 0.3) is 5.91 Å². The van der Waals surface area contributed by atoms with Crippen LogP contribution in [0, 0.1) is 0 Å².